The van der Waals surface area contributed by atoms with Crippen LogP contribution in [0, 0.1) is 0 Å². The van der Waals surface area contributed by atoms with Gasteiger partial charge in [0.15, 0.2) is 0 Å². The Morgan fingerprint density at radius 3 is 2.33 bits per heavy atom. The topological polar surface area (TPSA) is 49.4 Å². The fourth-order valence-electron chi connectivity index (χ4n) is 3.14. The number of likely N-dealkylation sites (tertiary alicyclic amines) is 1. The van der Waals surface area contributed by atoms with Crippen LogP contribution in [0.25, 0.3) is 0 Å². The van der Waals surface area contributed by atoms with Crippen molar-refractivity contribution in [2.45, 2.75) is 71.4 Å². The minimum atomic E-state index is -0.500. The summed E-state index contributed by atoms with van der Waals surface area (Å²) in [6.07, 6.45) is 3.26. The van der Waals surface area contributed by atoms with E-state index in [9.17, 15) is 9.59 Å². The molecule has 0 saturated carbocycles. The molecule has 0 aromatic heterocycles. The van der Waals surface area contributed by atoms with Crippen molar-refractivity contribution in [1.29, 1.82) is 0 Å². The number of hydrogen-bond donors (Lipinski definition) is 1. The molecule has 1 aliphatic rings. The summed E-state index contributed by atoms with van der Waals surface area (Å²) in [7, 11) is 0. The van der Waals surface area contributed by atoms with Gasteiger partial charge in [0.2, 0.25) is 5.91 Å². The van der Waals surface area contributed by atoms with Crippen LogP contribution < -0.4 is 5.32 Å². The van der Waals surface area contributed by atoms with Crippen LogP contribution in [0.1, 0.15) is 69.8 Å². The van der Waals surface area contributed by atoms with E-state index in [2.05, 4.69) is 33.0 Å². The summed E-state index contributed by atoms with van der Waals surface area (Å²) in [6.45, 7) is 11.1. The Morgan fingerprint density at radius 2 is 1.79 bits per heavy atom. The maximum atomic E-state index is 12.6. The SMILES string of the molecule is CC(NC(=O)c1ccc(C(C)(C)C)cc1)C(=O)N1CCCCC1C. The Labute approximate surface area is 145 Å². The van der Waals surface area contributed by atoms with Gasteiger partial charge in [0.25, 0.3) is 5.91 Å². The van der Waals surface area contributed by atoms with E-state index < -0.39 is 6.04 Å². The van der Waals surface area contributed by atoms with Crippen molar-refractivity contribution in [1.82, 2.24) is 10.2 Å². The highest BCUT2D eigenvalue weighted by Gasteiger charge is 2.28. The van der Waals surface area contributed by atoms with Crippen LogP contribution in [0.5, 0.6) is 0 Å². The van der Waals surface area contributed by atoms with Gasteiger partial charge >= 0.3 is 0 Å². The molecule has 4 nitrogen and oxygen atoms in total. The van der Waals surface area contributed by atoms with Gasteiger partial charge in [-0.05, 0) is 56.2 Å². The van der Waals surface area contributed by atoms with Gasteiger partial charge in [0.1, 0.15) is 6.04 Å². The summed E-state index contributed by atoms with van der Waals surface area (Å²) >= 11 is 0. The third-order valence-corrected chi connectivity index (χ3v) is 4.82. The largest absolute Gasteiger partial charge is 0.341 e. The van der Waals surface area contributed by atoms with Crippen molar-refractivity contribution in [2.75, 3.05) is 6.54 Å². The van der Waals surface area contributed by atoms with Crippen LogP contribution in [-0.2, 0) is 10.2 Å². The van der Waals surface area contributed by atoms with Crippen molar-refractivity contribution in [3.8, 4) is 0 Å². The smallest absolute Gasteiger partial charge is 0.251 e. The first kappa shape index (κ1) is 18.5. The lowest BCUT2D eigenvalue weighted by atomic mass is 9.86. The first-order valence-electron chi connectivity index (χ1n) is 8.92. The first-order valence-corrected chi connectivity index (χ1v) is 8.92. The number of carbonyl (C=O) groups excluding carboxylic acids is 2. The highest BCUT2D eigenvalue weighted by molar-refractivity contribution is 5.97. The first-order chi connectivity index (χ1) is 11.2. The fourth-order valence-corrected chi connectivity index (χ4v) is 3.14. The van der Waals surface area contributed by atoms with Crippen molar-refractivity contribution in [3.05, 3.63) is 35.4 Å². The van der Waals surface area contributed by atoms with E-state index in [0.717, 1.165) is 19.4 Å². The lowest BCUT2D eigenvalue weighted by Gasteiger charge is -2.35. The molecule has 0 spiro atoms. The van der Waals surface area contributed by atoms with Gasteiger partial charge in [-0.2, -0.15) is 0 Å². The fraction of sp³-hybridized carbons (Fsp3) is 0.600. The number of benzene rings is 1. The van der Waals surface area contributed by atoms with Crippen molar-refractivity contribution < 1.29 is 9.59 Å². The molecule has 1 fully saturated rings. The Bertz CT molecular complexity index is 587. The van der Waals surface area contributed by atoms with Gasteiger partial charge in [0, 0.05) is 18.2 Å². The van der Waals surface area contributed by atoms with E-state index in [0.29, 0.717) is 5.56 Å². The second-order valence-corrected chi connectivity index (χ2v) is 7.90. The highest BCUT2D eigenvalue weighted by Crippen LogP contribution is 2.22. The van der Waals surface area contributed by atoms with Gasteiger partial charge < -0.3 is 10.2 Å². The Kier molecular flexibility index (Phi) is 5.68. The molecule has 132 valence electrons. The molecule has 1 saturated heterocycles. The highest BCUT2D eigenvalue weighted by atomic mass is 16.2. The molecular formula is C20H30N2O2. The summed E-state index contributed by atoms with van der Waals surface area (Å²) in [5.74, 6) is -0.178. The molecule has 0 radical (unpaired) electrons. The van der Waals surface area contributed by atoms with Crippen LogP contribution in [-0.4, -0.2) is 35.3 Å². The van der Waals surface area contributed by atoms with Gasteiger partial charge in [-0.1, -0.05) is 32.9 Å². The van der Waals surface area contributed by atoms with Crippen molar-refractivity contribution >= 4 is 11.8 Å². The number of amides is 2. The lowest BCUT2D eigenvalue weighted by molar-refractivity contribution is -0.136. The second-order valence-electron chi connectivity index (χ2n) is 7.90. The number of carbonyl (C=O) groups is 2. The molecule has 2 atom stereocenters. The molecule has 24 heavy (non-hydrogen) atoms. The summed E-state index contributed by atoms with van der Waals surface area (Å²) in [6, 6.07) is 7.38. The van der Waals surface area contributed by atoms with Crippen LogP contribution in [0.15, 0.2) is 24.3 Å². The van der Waals surface area contributed by atoms with Crippen LogP contribution in [0.3, 0.4) is 0 Å². The minimum absolute atomic E-state index is 0.0156. The lowest BCUT2D eigenvalue weighted by Crippen LogP contribution is -2.51. The van der Waals surface area contributed by atoms with E-state index in [1.165, 1.54) is 12.0 Å². The number of nitrogens with zero attached hydrogens (tertiary/aromatic N) is 1. The molecule has 1 heterocycles. The Hall–Kier alpha value is -1.84. The number of piperidine rings is 1. The number of rotatable bonds is 3. The molecular weight excluding hydrogens is 300 g/mol. The van der Waals surface area contributed by atoms with E-state index >= 15 is 0 Å². The normalized spacial score (nSPS) is 19.7. The predicted molar refractivity (Wildman–Crippen MR) is 97.1 cm³/mol. The third kappa shape index (κ3) is 4.37. The molecule has 0 bridgehead atoms. The van der Waals surface area contributed by atoms with Crippen LogP contribution >= 0.6 is 0 Å². The summed E-state index contributed by atoms with van der Waals surface area (Å²) in [5, 5.41) is 2.84. The van der Waals surface area contributed by atoms with E-state index in [1.807, 2.05) is 29.2 Å². The molecule has 2 amide bonds. The second kappa shape index (κ2) is 7.37. The predicted octanol–water partition coefficient (Wildman–Crippen LogP) is 3.50. The van der Waals surface area contributed by atoms with E-state index in [1.54, 1.807) is 6.92 Å². The molecule has 1 aliphatic heterocycles. The van der Waals surface area contributed by atoms with Crippen molar-refractivity contribution in [3.63, 3.8) is 0 Å². The molecule has 0 aliphatic carbocycles. The molecule has 1 aromatic rings. The van der Waals surface area contributed by atoms with Gasteiger partial charge in [-0.15, -0.1) is 0 Å². The third-order valence-electron chi connectivity index (χ3n) is 4.82. The molecule has 1 aromatic carbocycles. The Balaban J connectivity index is 1.99. The summed E-state index contributed by atoms with van der Waals surface area (Å²) in [5.41, 5.74) is 1.84. The van der Waals surface area contributed by atoms with Gasteiger partial charge in [-0.25, -0.2) is 0 Å². The van der Waals surface area contributed by atoms with E-state index in [-0.39, 0.29) is 23.3 Å². The van der Waals surface area contributed by atoms with E-state index in [4.69, 9.17) is 0 Å². The van der Waals surface area contributed by atoms with Gasteiger partial charge in [0.05, 0.1) is 0 Å². The molecule has 1 N–H and O–H groups in total. The number of nitrogens with one attached hydrogen (secondary N) is 1. The summed E-state index contributed by atoms with van der Waals surface area (Å²) < 4.78 is 0. The molecule has 2 unspecified atom stereocenters. The maximum absolute atomic E-state index is 12.6. The maximum Gasteiger partial charge on any atom is 0.251 e. The zero-order valence-electron chi connectivity index (χ0n) is 15.6. The van der Waals surface area contributed by atoms with Crippen LogP contribution in [0.4, 0.5) is 0 Å². The standard InChI is InChI=1S/C20H30N2O2/c1-14-8-6-7-13-22(14)19(24)15(2)21-18(23)16-9-11-17(12-10-16)20(3,4)5/h9-12,14-15H,6-8,13H2,1-5H3,(H,21,23). The quantitative estimate of drug-likeness (QED) is 0.922. The zero-order valence-corrected chi connectivity index (χ0v) is 15.6. The number of hydrogen-bond acceptors (Lipinski definition) is 2. The van der Waals surface area contributed by atoms with Crippen molar-refractivity contribution in [2.24, 2.45) is 0 Å². The van der Waals surface area contributed by atoms with Crippen LogP contribution in [0.2, 0.25) is 0 Å². The molecule has 2 rings (SSSR count). The summed E-state index contributed by atoms with van der Waals surface area (Å²) in [4.78, 5) is 26.9. The van der Waals surface area contributed by atoms with Gasteiger partial charge in [-0.3, -0.25) is 9.59 Å². The average Bonchev–Trinajstić information content (AvgIpc) is 2.54. The molecule has 4 heteroatoms. The zero-order chi connectivity index (χ0) is 17.9. The Morgan fingerprint density at radius 1 is 1.17 bits per heavy atom. The monoisotopic (exact) mass is 330 g/mol. The minimum Gasteiger partial charge on any atom is -0.341 e. The average molecular weight is 330 g/mol.